The zero-order chi connectivity index (χ0) is 12.3. The fourth-order valence-corrected chi connectivity index (χ4v) is 2.42. The largest absolute Gasteiger partial charge is 0.314 e. The van der Waals surface area contributed by atoms with Crippen molar-refractivity contribution in [2.45, 2.75) is 44.6 Å². The SMILES string of the molecule is CC(C)(CCNC1CC1)c1nnc(NC=O)s1. The molecule has 0 saturated heterocycles. The Balaban J connectivity index is 1.89. The van der Waals surface area contributed by atoms with Crippen molar-refractivity contribution in [2.75, 3.05) is 11.9 Å². The molecule has 2 N–H and O–H groups in total. The first kappa shape index (κ1) is 12.4. The number of aromatic nitrogens is 2. The fourth-order valence-electron chi connectivity index (χ4n) is 1.59. The molecule has 0 atom stereocenters. The highest BCUT2D eigenvalue weighted by Crippen LogP contribution is 2.31. The molecule has 2 rings (SSSR count). The van der Waals surface area contributed by atoms with E-state index in [-0.39, 0.29) is 5.41 Å². The van der Waals surface area contributed by atoms with E-state index < -0.39 is 0 Å². The average Bonchev–Trinajstić information content (AvgIpc) is 2.96. The monoisotopic (exact) mass is 254 g/mol. The zero-order valence-electron chi connectivity index (χ0n) is 10.2. The molecule has 0 aromatic carbocycles. The van der Waals surface area contributed by atoms with Gasteiger partial charge in [0.15, 0.2) is 0 Å². The lowest BCUT2D eigenvalue weighted by molar-refractivity contribution is -0.105. The van der Waals surface area contributed by atoms with E-state index in [0.29, 0.717) is 11.5 Å². The Morgan fingerprint density at radius 2 is 2.24 bits per heavy atom. The molecule has 0 unspecified atom stereocenters. The minimum absolute atomic E-state index is 0.00235. The van der Waals surface area contributed by atoms with E-state index >= 15 is 0 Å². The van der Waals surface area contributed by atoms with E-state index in [1.165, 1.54) is 24.2 Å². The third-order valence-corrected chi connectivity index (χ3v) is 4.17. The van der Waals surface area contributed by atoms with Gasteiger partial charge in [-0.15, -0.1) is 10.2 Å². The van der Waals surface area contributed by atoms with Crippen LogP contribution in [0.25, 0.3) is 0 Å². The number of nitrogens with one attached hydrogen (secondary N) is 2. The summed E-state index contributed by atoms with van der Waals surface area (Å²) in [5, 5.41) is 15.6. The van der Waals surface area contributed by atoms with Crippen LogP contribution in [0.15, 0.2) is 0 Å². The maximum Gasteiger partial charge on any atom is 0.213 e. The van der Waals surface area contributed by atoms with Crippen LogP contribution in [0.3, 0.4) is 0 Å². The van der Waals surface area contributed by atoms with Crippen LogP contribution in [0.2, 0.25) is 0 Å². The number of hydrogen-bond acceptors (Lipinski definition) is 5. The van der Waals surface area contributed by atoms with Crippen molar-refractivity contribution in [2.24, 2.45) is 0 Å². The molecule has 5 nitrogen and oxygen atoms in total. The molecule has 0 spiro atoms. The van der Waals surface area contributed by atoms with Crippen molar-refractivity contribution in [3.05, 3.63) is 5.01 Å². The number of hydrogen-bond donors (Lipinski definition) is 2. The van der Waals surface area contributed by atoms with Crippen molar-refractivity contribution >= 4 is 22.9 Å². The highest BCUT2D eigenvalue weighted by Gasteiger charge is 2.27. The lowest BCUT2D eigenvalue weighted by atomic mass is 9.90. The summed E-state index contributed by atoms with van der Waals surface area (Å²) < 4.78 is 0. The number of carbonyl (C=O) groups is 1. The topological polar surface area (TPSA) is 66.9 Å². The summed E-state index contributed by atoms with van der Waals surface area (Å²) in [5.41, 5.74) is 0.00235. The Bertz CT molecular complexity index is 387. The highest BCUT2D eigenvalue weighted by molar-refractivity contribution is 7.15. The lowest BCUT2D eigenvalue weighted by Gasteiger charge is -2.21. The first-order valence-corrected chi connectivity index (χ1v) is 6.71. The molecule has 1 aromatic heterocycles. The summed E-state index contributed by atoms with van der Waals surface area (Å²) in [6, 6.07) is 0.743. The van der Waals surface area contributed by atoms with E-state index in [0.717, 1.165) is 24.0 Å². The molecule has 0 bridgehead atoms. The van der Waals surface area contributed by atoms with Gasteiger partial charge in [0.1, 0.15) is 5.01 Å². The second-order valence-electron chi connectivity index (χ2n) is 5.04. The standard InChI is InChI=1S/C11H18N4OS/c1-11(2,5-6-12-8-3-4-8)9-14-15-10(17-9)13-7-16/h7-8,12H,3-6H2,1-2H3,(H,13,15,16). The summed E-state index contributed by atoms with van der Waals surface area (Å²) in [6.45, 7) is 5.33. The average molecular weight is 254 g/mol. The number of anilines is 1. The van der Waals surface area contributed by atoms with Crippen molar-refractivity contribution < 1.29 is 4.79 Å². The molecule has 0 radical (unpaired) electrons. The molecule has 94 valence electrons. The number of amides is 1. The summed E-state index contributed by atoms with van der Waals surface area (Å²) in [6.07, 6.45) is 4.28. The molecule has 1 fully saturated rings. The van der Waals surface area contributed by atoms with Gasteiger partial charge >= 0.3 is 0 Å². The van der Waals surface area contributed by atoms with Gasteiger partial charge in [-0.3, -0.25) is 4.79 Å². The number of nitrogens with zero attached hydrogens (tertiary/aromatic N) is 2. The molecule has 1 heterocycles. The minimum Gasteiger partial charge on any atom is -0.314 e. The fraction of sp³-hybridized carbons (Fsp3) is 0.727. The first-order valence-electron chi connectivity index (χ1n) is 5.89. The van der Waals surface area contributed by atoms with Crippen LogP contribution in [-0.4, -0.2) is 29.2 Å². The van der Waals surface area contributed by atoms with E-state index in [9.17, 15) is 4.79 Å². The van der Waals surface area contributed by atoms with Crippen LogP contribution in [-0.2, 0) is 10.2 Å². The lowest BCUT2D eigenvalue weighted by Crippen LogP contribution is -2.26. The van der Waals surface area contributed by atoms with Gasteiger partial charge in [-0.1, -0.05) is 25.2 Å². The van der Waals surface area contributed by atoms with Crippen LogP contribution in [0, 0.1) is 0 Å². The van der Waals surface area contributed by atoms with Crippen LogP contribution < -0.4 is 10.6 Å². The van der Waals surface area contributed by atoms with Crippen LogP contribution in [0.4, 0.5) is 5.13 Å². The van der Waals surface area contributed by atoms with E-state index in [1.807, 2.05) is 0 Å². The van der Waals surface area contributed by atoms with Crippen molar-refractivity contribution in [3.8, 4) is 0 Å². The quantitative estimate of drug-likeness (QED) is 0.724. The van der Waals surface area contributed by atoms with Gasteiger partial charge in [-0.05, 0) is 25.8 Å². The summed E-state index contributed by atoms with van der Waals surface area (Å²) >= 11 is 1.45. The Morgan fingerprint density at radius 3 is 2.88 bits per heavy atom. The summed E-state index contributed by atoms with van der Waals surface area (Å²) in [5.74, 6) is 0. The normalized spacial score (nSPS) is 15.9. The van der Waals surface area contributed by atoms with E-state index in [2.05, 4.69) is 34.7 Å². The molecule has 6 heteroatoms. The van der Waals surface area contributed by atoms with Gasteiger partial charge in [0.25, 0.3) is 0 Å². The molecular weight excluding hydrogens is 236 g/mol. The zero-order valence-corrected chi connectivity index (χ0v) is 11.0. The van der Waals surface area contributed by atoms with Crippen LogP contribution >= 0.6 is 11.3 Å². The summed E-state index contributed by atoms with van der Waals surface area (Å²) in [7, 11) is 0. The first-order chi connectivity index (χ1) is 8.12. The van der Waals surface area contributed by atoms with Crippen LogP contribution in [0.1, 0.15) is 38.1 Å². The smallest absolute Gasteiger partial charge is 0.213 e. The van der Waals surface area contributed by atoms with Gasteiger partial charge < -0.3 is 10.6 Å². The van der Waals surface area contributed by atoms with Crippen LogP contribution in [0.5, 0.6) is 0 Å². The third kappa shape index (κ3) is 3.47. The Kier molecular flexibility index (Phi) is 3.73. The maximum absolute atomic E-state index is 10.3. The maximum atomic E-state index is 10.3. The van der Waals surface area contributed by atoms with E-state index in [1.54, 1.807) is 0 Å². The molecular formula is C11H18N4OS. The second kappa shape index (κ2) is 5.10. The van der Waals surface area contributed by atoms with Crippen molar-refractivity contribution in [1.29, 1.82) is 0 Å². The van der Waals surface area contributed by atoms with Crippen molar-refractivity contribution in [1.82, 2.24) is 15.5 Å². The molecule has 0 aliphatic heterocycles. The Hall–Kier alpha value is -1.01. The second-order valence-corrected chi connectivity index (χ2v) is 6.01. The van der Waals surface area contributed by atoms with Crippen molar-refractivity contribution in [3.63, 3.8) is 0 Å². The third-order valence-electron chi connectivity index (χ3n) is 2.95. The molecule has 1 aliphatic carbocycles. The Morgan fingerprint density at radius 1 is 1.47 bits per heavy atom. The molecule has 1 aromatic rings. The van der Waals surface area contributed by atoms with Gasteiger partial charge in [0.05, 0.1) is 0 Å². The van der Waals surface area contributed by atoms with Gasteiger partial charge in [0, 0.05) is 11.5 Å². The number of carbonyl (C=O) groups excluding carboxylic acids is 1. The van der Waals surface area contributed by atoms with E-state index in [4.69, 9.17) is 0 Å². The van der Waals surface area contributed by atoms with Gasteiger partial charge in [-0.25, -0.2) is 0 Å². The molecule has 1 saturated carbocycles. The minimum atomic E-state index is 0.00235. The summed E-state index contributed by atoms with van der Waals surface area (Å²) in [4.78, 5) is 10.3. The molecule has 17 heavy (non-hydrogen) atoms. The molecule has 1 aliphatic rings. The Labute approximate surface area is 105 Å². The number of rotatable bonds is 7. The predicted molar refractivity (Wildman–Crippen MR) is 68.3 cm³/mol. The molecule has 1 amide bonds. The predicted octanol–water partition coefficient (Wildman–Crippen LogP) is 1.53. The highest BCUT2D eigenvalue weighted by atomic mass is 32.1. The van der Waals surface area contributed by atoms with Gasteiger partial charge in [-0.2, -0.15) is 0 Å². The van der Waals surface area contributed by atoms with Gasteiger partial charge in [0.2, 0.25) is 11.5 Å².